The van der Waals surface area contributed by atoms with Crippen molar-refractivity contribution in [2.24, 2.45) is 0 Å². The van der Waals surface area contributed by atoms with Crippen molar-refractivity contribution in [1.82, 2.24) is 0 Å². The molecule has 0 radical (unpaired) electrons. The average molecular weight is 396 g/mol. The summed E-state index contributed by atoms with van der Waals surface area (Å²) in [7, 11) is 0. The molecule has 5 nitrogen and oxygen atoms in total. The summed E-state index contributed by atoms with van der Waals surface area (Å²) < 4.78 is 10.7. The van der Waals surface area contributed by atoms with Crippen LogP contribution in [-0.4, -0.2) is 24.1 Å². The SMILES string of the molecule is CC(C)Oc1ccc(C(=O)O[C@H](C)C(=O)Nc2cc(Cl)ccc2Cl)cc1. The lowest BCUT2D eigenvalue weighted by Crippen LogP contribution is -2.30. The zero-order chi connectivity index (χ0) is 19.3. The molecule has 0 spiro atoms. The van der Waals surface area contributed by atoms with Crippen LogP contribution >= 0.6 is 23.2 Å². The van der Waals surface area contributed by atoms with E-state index in [1.54, 1.807) is 36.4 Å². The maximum Gasteiger partial charge on any atom is 0.338 e. The van der Waals surface area contributed by atoms with E-state index in [1.165, 1.54) is 13.0 Å². The van der Waals surface area contributed by atoms with E-state index in [4.69, 9.17) is 32.7 Å². The first-order valence-corrected chi connectivity index (χ1v) is 8.75. The van der Waals surface area contributed by atoms with Crippen molar-refractivity contribution < 1.29 is 19.1 Å². The monoisotopic (exact) mass is 395 g/mol. The molecule has 7 heteroatoms. The number of anilines is 1. The molecule has 138 valence electrons. The third-order valence-corrected chi connectivity index (χ3v) is 3.87. The molecule has 0 saturated carbocycles. The summed E-state index contributed by atoms with van der Waals surface area (Å²) in [4.78, 5) is 24.4. The Bertz CT molecular complexity index is 791. The van der Waals surface area contributed by atoms with E-state index >= 15 is 0 Å². The average Bonchev–Trinajstić information content (AvgIpc) is 2.58. The van der Waals surface area contributed by atoms with Crippen molar-refractivity contribution in [3.8, 4) is 5.75 Å². The Labute approximate surface area is 162 Å². The molecule has 2 rings (SSSR count). The van der Waals surface area contributed by atoms with E-state index in [-0.39, 0.29) is 6.10 Å². The normalized spacial score (nSPS) is 11.8. The molecule has 0 bridgehead atoms. The highest BCUT2D eigenvalue weighted by Gasteiger charge is 2.20. The van der Waals surface area contributed by atoms with Crippen LogP contribution in [0.15, 0.2) is 42.5 Å². The summed E-state index contributed by atoms with van der Waals surface area (Å²) in [5.74, 6) is -0.471. The van der Waals surface area contributed by atoms with E-state index < -0.39 is 18.0 Å². The molecule has 0 aliphatic heterocycles. The summed E-state index contributed by atoms with van der Waals surface area (Å²) in [5, 5.41) is 3.35. The summed E-state index contributed by atoms with van der Waals surface area (Å²) in [6, 6.07) is 11.2. The number of esters is 1. The second-order valence-electron chi connectivity index (χ2n) is 5.85. The van der Waals surface area contributed by atoms with Gasteiger partial charge in [0.25, 0.3) is 5.91 Å². The van der Waals surface area contributed by atoms with E-state index in [2.05, 4.69) is 5.32 Å². The summed E-state index contributed by atoms with van der Waals surface area (Å²) in [6.45, 7) is 5.30. The van der Waals surface area contributed by atoms with Crippen LogP contribution < -0.4 is 10.1 Å². The fourth-order valence-electron chi connectivity index (χ4n) is 2.05. The Balaban J connectivity index is 1.97. The minimum absolute atomic E-state index is 0.0369. The van der Waals surface area contributed by atoms with Crippen LogP contribution in [0.2, 0.25) is 10.0 Å². The van der Waals surface area contributed by atoms with Crippen LogP contribution in [0.5, 0.6) is 5.75 Å². The van der Waals surface area contributed by atoms with Crippen LogP contribution in [-0.2, 0) is 9.53 Å². The first kappa shape index (κ1) is 20.1. The molecule has 26 heavy (non-hydrogen) atoms. The Morgan fingerprint density at radius 1 is 1.00 bits per heavy atom. The third kappa shape index (κ3) is 5.64. The largest absolute Gasteiger partial charge is 0.491 e. The van der Waals surface area contributed by atoms with Gasteiger partial charge < -0.3 is 14.8 Å². The fourth-order valence-corrected chi connectivity index (χ4v) is 2.39. The van der Waals surface area contributed by atoms with Crippen molar-refractivity contribution in [2.45, 2.75) is 33.0 Å². The molecule has 0 aliphatic rings. The molecule has 2 aromatic carbocycles. The Hall–Kier alpha value is -2.24. The molecule has 0 heterocycles. The molecular formula is C19H19Cl2NO4. The van der Waals surface area contributed by atoms with Gasteiger partial charge in [0.05, 0.1) is 22.4 Å². The van der Waals surface area contributed by atoms with Gasteiger partial charge in [0.15, 0.2) is 6.10 Å². The second-order valence-corrected chi connectivity index (χ2v) is 6.70. The van der Waals surface area contributed by atoms with Crippen molar-refractivity contribution in [2.75, 3.05) is 5.32 Å². The van der Waals surface area contributed by atoms with Gasteiger partial charge in [-0.3, -0.25) is 4.79 Å². The van der Waals surface area contributed by atoms with Crippen molar-refractivity contribution in [3.63, 3.8) is 0 Å². The topological polar surface area (TPSA) is 64.6 Å². The van der Waals surface area contributed by atoms with Gasteiger partial charge in [-0.05, 0) is 63.2 Å². The lowest BCUT2D eigenvalue weighted by atomic mass is 10.2. The molecule has 0 saturated heterocycles. The predicted molar refractivity (Wildman–Crippen MR) is 102 cm³/mol. The van der Waals surface area contributed by atoms with E-state index in [1.807, 2.05) is 13.8 Å². The molecule has 0 unspecified atom stereocenters. The van der Waals surface area contributed by atoms with Gasteiger partial charge in [0, 0.05) is 5.02 Å². The highest BCUT2D eigenvalue weighted by Crippen LogP contribution is 2.25. The minimum Gasteiger partial charge on any atom is -0.491 e. The molecule has 1 N–H and O–H groups in total. The number of ether oxygens (including phenoxy) is 2. The summed E-state index contributed by atoms with van der Waals surface area (Å²) >= 11 is 11.9. The first-order chi connectivity index (χ1) is 12.3. The first-order valence-electron chi connectivity index (χ1n) is 8.00. The van der Waals surface area contributed by atoms with Crippen LogP contribution in [0.3, 0.4) is 0 Å². The van der Waals surface area contributed by atoms with Gasteiger partial charge in [0.2, 0.25) is 0 Å². The third-order valence-electron chi connectivity index (χ3n) is 3.30. The Morgan fingerprint density at radius 2 is 1.65 bits per heavy atom. The fraction of sp³-hybridized carbons (Fsp3) is 0.263. The van der Waals surface area contributed by atoms with Gasteiger partial charge in [-0.1, -0.05) is 23.2 Å². The van der Waals surface area contributed by atoms with Gasteiger partial charge >= 0.3 is 5.97 Å². The zero-order valence-corrected chi connectivity index (χ0v) is 16.1. The summed E-state index contributed by atoms with van der Waals surface area (Å²) in [6.07, 6.45) is -0.973. The van der Waals surface area contributed by atoms with E-state index in [0.29, 0.717) is 27.0 Å². The van der Waals surface area contributed by atoms with Crippen LogP contribution in [0, 0.1) is 0 Å². The van der Waals surface area contributed by atoms with Crippen LogP contribution in [0.25, 0.3) is 0 Å². The van der Waals surface area contributed by atoms with Gasteiger partial charge in [0.1, 0.15) is 5.75 Å². The number of carbonyl (C=O) groups is 2. The predicted octanol–water partition coefficient (Wildman–Crippen LogP) is 4.96. The number of benzene rings is 2. The highest BCUT2D eigenvalue weighted by atomic mass is 35.5. The van der Waals surface area contributed by atoms with Gasteiger partial charge in [-0.15, -0.1) is 0 Å². The number of nitrogens with one attached hydrogen (secondary N) is 1. The zero-order valence-electron chi connectivity index (χ0n) is 14.6. The van der Waals surface area contributed by atoms with E-state index in [0.717, 1.165) is 0 Å². The van der Waals surface area contributed by atoms with Crippen molar-refractivity contribution in [3.05, 3.63) is 58.1 Å². The minimum atomic E-state index is -1.01. The quantitative estimate of drug-likeness (QED) is 0.701. The maximum atomic E-state index is 12.2. The molecule has 2 aromatic rings. The molecular weight excluding hydrogens is 377 g/mol. The lowest BCUT2D eigenvalue weighted by molar-refractivity contribution is -0.123. The number of amides is 1. The van der Waals surface area contributed by atoms with Crippen molar-refractivity contribution >= 4 is 40.8 Å². The standard InChI is InChI=1S/C19H19Cl2NO4/c1-11(2)25-15-7-4-13(5-8-15)19(24)26-12(3)18(23)22-17-10-14(20)6-9-16(17)21/h4-12H,1-3H3,(H,22,23)/t12-/m1/s1. The second kappa shape index (κ2) is 8.92. The van der Waals surface area contributed by atoms with Gasteiger partial charge in [-0.2, -0.15) is 0 Å². The smallest absolute Gasteiger partial charge is 0.338 e. The maximum absolute atomic E-state index is 12.2. The molecule has 0 fully saturated rings. The number of hydrogen-bond donors (Lipinski definition) is 1. The summed E-state index contributed by atoms with van der Waals surface area (Å²) in [5.41, 5.74) is 0.670. The number of rotatable bonds is 6. The molecule has 1 amide bonds. The van der Waals surface area contributed by atoms with Crippen LogP contribution in [0.1, 0.15) is 31.1 Å². The van der Waals surface area contributed by atoms with Crippen LogP contribution in [0.4, 0.5) is 5.69 Å². The molecule has 0 aliphatic carbocycles. The molecule has 0 aromatic heterocycles. The molecule has 1 atom stereocenters. The lowest BCUT2D eigenvalue weighted by Gasteiger charge is -2.15. The Kier molecular flexibility index (Phi) is 6.89. The number of halogens is 2. The number of hydrogen-bond acceptors (Lipinski definition) is 4. The number of carbonyl (C=O) groups excluding carboxylic acids is 2. The van der Waals surface area contributed by atoms with Crippen molar-refractivity contribution in [1.29, 1.82) is 0 Å². The van der Waals surface area contributed by atoms with E-state index in [9.17, 15) is 9.59 Å². The highest BCUT2D eigenvalue weighted by molar-refractivity contribution is 6.35. The Morgan fingerprint density at radius 3 is 2.27 bits per heavy atom. The van der Waals surface area contributed by atoms with Gasteiger partial charge in [-0.25, -0.2) is 4.79 Å².